The molecule has 0 aliphatic carbocycles. The minimum Gasteiger partial charge on any atom is -0.481 e. The van der Waals surface area contributed by atoms with Crippen molar-refractivity contribution < 1.29 is 73.5 Å². The minimum absolute atomic E-state index is 0. The van der Waals surface area contributed by atoms with Crippen LogP contribution < -0.4 is 0 Å². The zero-order valence-electron chi connectivity index (χ0n) is 6.28. The summed E-state index contributed by atoms with van der Waals surface area (Å²) in [7, 11) is -5.84. The maximum absolute atomic E-state index is 10.7. The summed E-state index contributed by atoms with van der Waals surface area (Å²) < 4.78 is 57.5. The van der Waals surface area contributed by atoms with Crippen LogP contribution in [0.5, 0.6) is 0 Å². The van der Waals surface area contributed by atoms with Gasteiger partial charge >= 0.3 is 15.6 Å². The average molecular weight is 380 g/mol. The van der Waals surface area contributed by atoms with Crippen LogP contribution in [0.3, 0.4) is 0 Å². The molecule has 0 aromatic heterocycles. The average Bonchev–Trinajstić information content (AvgIpc) is 1.55. The molecule has 2 N–H and O–H groups in total. The molecular weight excluding hydrogens is 375 g/mol. The van der Waals surface area contributed by atoms with Crippen molar-refractivity contribution in [2.24, 2.45) is 0 Å². The monoisotopic (exact) mass is 379 g/mol. The quantitative estimate of drug-likeness (QED) is 0.363. The largest absolute Gasteiger partial charge is 0.522 e. The predicted octanol–water partition coefficient (Wildman–Crippen LogP) is 0.480. The fourth-order valence-electron chi connectivity index (χ4n) is 0. The van der Waals surface area contributed by atoms with Crippen LogP contribution in [0, 0.1) is 0 Å². The van der Waals surface area contributed by atoms with Crippen LogP contribution in [0.15, 0.2) is 0 Å². The summed E-state index contributed by atoms with van der Waals surface area (Å²) in [5.74, 6) is -0.833. The first kappa shape index (κ1) is 23.9. The van der Waals surface area contributed by atoms with Crippen molar-refractivity contribution in [2.45, 2.75) is 12.4 Å². The Bertz CT molecular complexity index is 245. The van der Waals surface area contributed by atoms with Crippen molar-refractivity contribution in [1.29, 1.82) is 0 Å². The number of halogens is 3. The van der Waals surface area contributed by atoms with Crippen molar-refractivity contribution in [3.05, 3.63) is 0 Å². The normalized spacial score (nSPS) is 9.79. The maximum atomic E-state index is 10.7. The van der Waals surface area contributed by atoms with E-state index in [1.165, 1.54) is 0 Å². The van der Waals surface area contributed by atoms with Crippen molar-refractivity contribution in [1.82, 2.24) is 0 Å². The van der Waals surface area contributed by atoms with Gasteiger partial charge in [-0.05, 0) is 0 Å². The van der Waals surface area contributed by atoms with Crippen LogP contribution in [0.4, 0.5) is 13.2 Å². The summed E-state index contributed by atoms with van der Waals surface area (Å²) in [5, 5.41) is 7.42. The molecule has 95 valence electrons. The Morgan fingerprint density at radius 2 is 1.36 bits per heavy atom. The van der Waals surface area contributed by atoms with E-state index in [1.807, 2.05) is 0 Å². The number of rotatable bonds is 0. The van der Waals surface area contributed by atoms with Gasteiger partial charge in [0.1, 0.15) is 0 Å². The zero-order chi connectivity index (χ0) is 10.6. The number of carboxylic acid groups (broad SMARTS) is 1. The Morgan fingerprint density at radius 1 is 1.29 bits per heavy atom. The number of alkyl halides is 3. The van der Waals surface area contributed by atoms with Crippen LogP contribution in [0.1, 0.15) is 6.92 Å². The summed E-state index contributed by atoms with van der Waals surface area (Å²) in [6.07, 6.45) is 0. The van der Waals surface area contributed by atoms with Gasteiger partial charge in [-0.3, -0.25) is 9.35 Å². The van der Waals surface area contributed by atoms with E-state index in [0.29, 0.717) is 0 Å². The van der Waals surface area contributed by atoms with Gasteiger partial charge in [-0.25, -0.2) is 0 Å². The van der Waals surface area contributed by atoms with E-state index in [2.05, 4.69) is 0 Å². The first-order chi connectivity index (χ1) is 4.98. The third-order valence-electron chi connectivity index (χ3n) is 0.292. The molecule has 0 aromatic carbocycles. The predicted molar refractivity (Wildman–Crippen MR) is 30.9 cm³/mol. The fraction of sp³-hybridized carbons (Fsp3) is 0.667. The molecule has 14 heavy (non-hydrogen) atoms. The molecule has 0 saturated carbocycles. The standard InChI is InChI=1S/C2H4O2.CHF3O3S.Cu.Pd/c1-2(3)4;2-1(3,4)8(5,6)7;;/h1H3,(H,3,4);(H,5,6,7);;. The van der Waals surface area contributed by atoms with Crippen molar-refractivity contribution in [3.63, 3.8) is 0 Å². The molecule has 11 heteroatoms. The molecule has 5 nitrogen and oxygen atoms in total. The number of carbonyl (C=O) groups is 1. The summed E-state index contributed by atoms with van der Waals surface area (Å²) >= 11 is 0. The van der Waals surface area contributed by atoms with Gasteiger partial charge in [-0.1, -0.05) is 0 Å². The molecular formula is C3H5CuF3O5PdS. The first-order valence-electron chi connectivity index (χ1n) is 2.21. The fourth-order valence-corrected chi connectivity index (χ4v) is 0. The van der Waals surface area contributed by atoms with Crippen LogP contribution in [0.25, 0.3) is 0 Å². The Kier molecular flexibility index (Phi) is 14.7. The van der Waals surface area contributed by atoms with E-state index in [-0.39, 0.29) is 37.5 Å². The number of carboxylic acids is 1. The number of hydrogen-bond donors (Lipinski definition) is 2. The van der Waals surface area contributed by atoms with Gasteiger partial charge in [0.05, 0.1) is 0 Å². The van der Waals surface area contributed by atoms with Gasteiger partial charge < -0.3 is 5.11 Å². The maximum Gasteiger partial charge on any atom is 0.522 e. The molecule has 0 rings (SSSR count). The van der Waals surface area contributed by atoms with E-state index in [9.17, 15) is 13.2 Å². The Morgan fingerprint density at radius 3 is 1.36 bits per heavy atom. The summed E-state index contributed by atoms with van der Waals surface area (Å²) in [6.45, 7) is 1.08. The molecule has 0 atom stereocenters. The van der Waals surface area contributed by atoms with Crippen molar-refractivity contribution in [3.8, 4) is 0 Å². The summed E-state index contributed by atoms with van der Waals surface area (Å²) in [6, 6.07) is 0. The van der Waals surface area contributed by atoms with E-state index in [0.717, 1.165) is 6.92 Å². The van der Waals surface area contributed by atoms with Gasteiger partial charge in [0.25, 0.3) is 5.97 Å². The molecule has 0 aliphatic rings. The third-order valence-corrected chi connectivity index (χ3v) is 0.877. The smallest absolute Gasteiger partial charge is 0.481 e. The van der Waals surface area contributed by atoms with Crippen LogP contribution in [0.2, 0.25) is 0 Å². The van der Waals surface area contributed by atoms with E-state index in [1.54, 1.807) is 0 Å². The molecule has 0 aromatic rings. The van der Waals surface area contributed by atoms with Crippen molar-refractivity contribution in [2.75, 3.05) is 0 Å². The van der Waals surface area contributed by atoms with Crippen molar-refractivity contribution >= 4 is 16.1 Å². The van der Waals surface area contributed by atoms with Crippen LogP contribution >= 0.6 is 0 Å². The second kappa shape index (κ2) is 8.64. The van der Waals surface area contributed by atoms with Gasteiger partial charge in [0, 0.05) is 44.4 Å². The molecule has 0 heterocycles. The molecule has 0 fully saturated rings. The van der Waals surface area contributed by atoms with E-state index < -0.39 is 21.6 Å². The summed E-state index contributed by atoms with van der Waals surface area (Å²) in [5.41, 5.74) is -5.53. The molecule has 0 bridgehead atoms. The minimum atomic E-state index is -5.84. The van der Waals surface area contributed by atoms with Gasteiger partial charge in [0.2, 0.25) is 0 Å². The van der Waals surface area contributed by atoms with E-state index in [4.69, 9.17) is 22.9 Å². The van der Waals surface area contributed by atoms with Gasteiger partial charge in [-0.2, -0.15) is 21.6 Å². The SMILES string of the molecule is CC(=O)O.O=S(=O)(O)C(F)(F)F.[Cu].[Pd]. The molecule has 0 amide bonds. The van der Waals surface area contributed by atoms with Gasteiger partial charge in [-0.15, -0.1) is 0 Å². The molecule has 0 spiro atoms. The zero-order valence-corrected chi connectivity index (χ0v) is 9.59. The molecule has 0 unspecified atom stereocenters. The Labute approximate surface area is 102 Å². The van der Waals surface area contributed by atoms with Crippen LogP contribution in [-0.4, -0.2) is 29.6 Å². The van der Waals surface area contributed by atoms with E-state index >= 15 is 0 Å². The Balaban J connectivity index is -0.0000000733. The Hall–Kier alpha value is 0.352. The second-order valence-corrected chi connectivity index (χ2v) is 2.85. The van der Waals surface area contributed by atoms with Gasteiger partial charge in [0.15, 0.2) is 0 Å². The second-order valence-electron chi connectivity index (χ2n) is 1.44. The number of aliphatic carboxylic acids is 1. The summed E-state index contributed by atoms with van der Waals surface area (Å²) in [4.78, 5) is 9.00. The van der Waals surface area contributed by atoms with Crippen LogP contribution in [-0.2, 0) is 52.4 Å². The molecule has 1 radical (unpaired) electrons. The molecule has 0 saturated heterocycles. The first-order valence-corrected chi connectivity index (χ1v) is 3.65. The topological polar surface area (TPSA) is 91.7 Å². The molecule has 0 aliphatic heterocycles. The number of hydrogen-bond acceptors (Lipinski definition) is 3. The third kappa shape index (κ3) is 18.2.